The van der Waals surface area contributed by atoms with Gasteiger partial charge < -0.3 is 52.6 Å². The number of hydrogen-bond acceptors (Lipinski definition) is 9. The minimum Gasteiger partial charge on any atom is -0.480 e. The van der Waals surface area contributed by atoms with Crippen molar-refractivity contribution < 1.29 is 24.7 Å². The zero-order valence-corrected chi connectivity index (χ0v) is 26.7. The first-order valence-electron chi connectivity index (χ1n) is 14.7. The van der Waals surface area contributed by atoms with Crippen LogP contribution < -0.4 is 28.7 Å². The number of aliphatic carboxylic acids is 2. The minimum atomic E-state index is -1.13. The average Bonchev–Trinajstić information content (AvgIpc) is 3.68. The topological polar surface area (TPSA) is 263 Å². The highest BCUT2D eigenvalue weighted by Crippen LogP contribution is 2.34. The molecule has 3 heterocycles. The van der Waals surface area contributed by atoms with Crippen LogP contribution in [0.3, 0.4) is 0 Å². The fourth-order valence-corrected chi connectivity index (χ4v) is 5.65. The zero-order chi connectivity index (χ0) is 35.4. The van der Waals surface area contributed by atoms with Crippen molar-refractivity contribution in [2.45, 2.75) is 24.9 Å². The van der Waals surface area contributed by atoms with Crippen molar-refractivity contribution in [1.29, 1.82) is 0 Å². The highest BCUT2D eigenvalue weighted by Gasteiger charge is 2.23. The summed E-state index contributed by atoms with van der Waals surface area (Å²) in [7, 11) is 5.56. The van der Waals surface area contributed by atoms with Gasteiger partial charge in [-0.1, -0.05) is 12.1 Å². The molecule has 0 aliphatic heterocycles. The number of carboxylic acid groups (broad SMARTS) is 2. The molecule has 3 aromatic carbocycles. The first kappa shape index (κ1) is 34.8. The molecule has 0 amide bonds. The van der Waals surface area contributed by atoms with Gasteiger partial charge in [0.05, 0.1) is 10.4 Å². The number of hydrogen-bond donors (Lipinski definition) is 7. The number of aryl methyl sites for hydroxylation is 3. The van der Waals surface area contributed by atoms with Crippen molar-refractivity contribution in [2.24, 2.45) is 32.6 Å². The number of non-ortho nitro benzene ring substituents is 1. The lowest BCUT2D eigenvalue weighted by molar-refractivity contribution is -0.383. The Kier molecular flexibility index (Phi) is 10.3. The fourth-order valence-electron chi connectivity index (χ4n) is 5.65. The molecule has 3 aromatic heterocycles. The van der Waals surface area contributed by atoms with E-state index in [0.717, 1.165) is 27.5 Å². The predicted molar refractivity (Wildman–Crippen MR) is 187 cm³/mol. The van der Waals surface area contributed by atoms with E-state index in [2.05, 4.69) is 10.6 Å². The Bertz CT molecular complexity index is 2150. The normalized spacial score (nSPS) is 12.2. The summed E-state index contributed by atoms with van der Waals surface area (Å²) in [6.07, 6.45) is 5.85. The van der Waals surface area contributed by atoms with Crippen molar-refractivity contribution in [3.8, 4) is 0 Å². The van der Waals surface area contributed by atoms with Gasteiger partial charge in [0.1, 0.15) is 17.6 Å². The van der Waals surface area contributed by atoms with Crippen LogP contribution in [0.5, 0.6) is 0 Å². The second kappa shape index (κ2) is 14.1. The number of nitro groups is 1. The second-order valence-corrected chi connectivity index (χ2v) is 11.4. The van der Waals surface area contributed by atoms with Crippen LogP contribution >= 0.6 is 0 Å². The van der Waals surface area contributed by atoms with E-state index in [4.69, 9.17) is 38.9 Å². The van der Waals surface area contributed by atoms with Gasteiger partial charge in [-0.3, -0.25) is 19.7 Å². The number of nitro benzene ring substituents is 1. The van der Waals surface area contributed by atoms with Gasteiger partial charge in [-0.05, 0) is 47.5 Å². The van der Waals surface area contributed by atoms with Gasteiger partial charge in [-0.15, -0.1) is 0 Å². The van der Waals surface area contributed by atoms with Crippen molar-refractivity contribution in [1.82, 2.24) is 13.7 Å². The molecule has 15 heteroatoms. The van der Waals surface area contributed by atoms with Gasteiger partial charge in [0, 0.05) is 97.4 Å². The molecular weight excluding hydrogens is 618 g/mol. The highest BCUT2D eigenvalue weighted by molar-refractivity contribution is 6.00. The van der Waals surface area contributed by atoms with E-state index in [9.17, 15) is 19.7 Å². The molecular formula is C33H39N9O6. The molecule has 0 radical (unpaired) electrons. The number of fused-ring (bicyclic) bond motifs is 3. The molecule has 0 aliphatic rings. The van der Waals surface area contributed by atoms with Crippen LogP contribution in [0.4, 0.5) is 22.7 Å². The SMILES string of the molecule is Cn1cc(CC(N)C(=O)O)c2c(N)ccc([N+](=O)[O-])c21.Cn1cc(CC(N)C(=O)O)c2c(N)cccc21.Cn1ccc2c(N)cccc21. The molecule has 0 aliphatic carbocycles. The highest BCUT2D eigenvalue weighted by atomic mass is 16.6. The Morgan fingerprint density at radius 2 is 1.25 bits per heavy atom. The molecule has 2 unspecified atom stereocenters. The summed E-state index contributed by atoms with van der Waals surface area (Å²) in [4.78, 5) is 32.2. The Morgan fingerprint density at radius 1 is 0.729 bits per heavy atom. The first-order valence-corrected chi connectivity index (χ1v) is 14.7. The third kappa shape index (κ3) is 7.16. The van der Waals surface area contributed by atoms with E-state index in [0.29, 0.717) is 27.8 Å². The lowest BCUT2D eigenvalue weighted by Crippen LogP contribution is -2.32. The van der Waals surface area contributed by atoms with Gasteiger partial charge in [-0.2, -0.15) is 0 Å². The van der Waals surface area contributed by atoms with Crippen LogP contribution in [0, 0.1) is 10.1 Å². The summed E-state index contributed by atoms with van der Waals surface area (Å²) >= 11 is 0. The van der Waals surface area contributed by atoms with Gasteiger partial charge >= 0.3 is 11.9 Å². The third-order valence-electron chi connectivity index (χ3n) is 8.01. The molecule has 48 heavy (non-hydrogen) atoms. The van der Waals surface area contributed by atoms with E-state index >= 15 is 0 Å². The van der Waals surface area contributed by atoms with Gasteiger partial charge in [0.25, 0.3) is 5.69 Å². The summed E-state index contributed by atoms with van der Waals surface area (Å²) in [5.74, 6) is -2.14. The summed E-state index contributed by atoms with van der Waals surface area (Å²) in [6, 6.07) is 14.4. The molecule has 0 bridgehead atoms. The quantitative estimate of drug-likeness (QED) is 0.0745. The predicted octanol–water partition coefficient (Wildman–Crippen LogP) is 3.10. The second-order valence-electron chi connectivity index (χ2n) is 11.4. The summed E-state index contributed by atoms with van der Waals surface area (Å²) < 4.78 is 5.55. The minimum absolute atomic E-state index is 0.0536. The van der Waals surface area contributed by atoms with Gasteiger partial charge in [0.15, 0.2) is 0 Å². The number of nitrogens with two attached hydrogens (primary N) is 5. The van der Waals surface area contributed by atoms with E-state index in [1.807, 2.05) is 61.4 Å². The number of carboxylic acids is 2. The van der Waals surface area contributed by atoms with Crippen molar-refractivity contribution in [2.75, 3.05) is 17.2 Å². The lowest BCUT2D eigenvalue weighted by Gasteiger charge is -2.06. The largest absolute Gasteiger partial charge is 0.480 e. The molecule has 252 valence electrons. The molecule has 2 atom stereocenters. The van der Waals surface area contributed by atoms with Crippen LogP contribution in [0.25, 0.3) is 32.7 Å². The monoisotopic (exact) mass is 657 g/mol. The van der Waals surface area contributed by atoms with Gasteiger partial charge in [0.2, 0.25) is 0 Å². The lowest BCUT2D eigenvalue weighted by atomic mass is 10.0. The molecule has 12 N–H and O–H groups in total. The Hall–Kier alpha value is -6.06. The van der Waals surface area contributed by atoms with Crippen molar-refractivity contribution in [3.63, 3.8) is 0 Å². The first-order chi connectivity index (χ1) is 22.6. The van der Waals surface area contributed by atoms with E-state index in [-0.39, 0.29) is 18.5 Å². The maximum atomic E-state index is 11.1. The molecule has 6 rings (SSSR count). The number of anilines is 3. The van der Waals surface area contributed by atoms with Crippen LogP contribution in [0.2, 0.25) is 0 Å². The summed E-state index contributed by atoms with van der Waals surface area (Å²) in [6.45, 7) is 0. The number of nitrogen functional groups attached to an aromatic ring is 3. The maximum absolute atomic E-state index is 11.1. The summed E-state index contributed by atoms with van der Waals surface area (Å²) in [5.41, 5.74) is 34.4. The Labute approximate surface area is 274 Å². The van der Waals surface area contributed by atoms with E-state index < -0.39 is 28.9 Å². The number of benzene rings is 3. The smallest absolute Gasteiger partial charge is 0.320 e. The number of aromatic nitrogens is 3. The molecule has 0 spiro atoms. The Balaban J connectivity index is 0.000000169. The van der Waals surface area contributed by atoms with Gasteiger partial charge in [-0.25, -0.2) is 0 Å². The van der Waals surface area contributed by atoms with Crippen molar-refractivity contribution in [3.05, 3.63) is 94.4 Å². The average molecular weight is 658 g/mol. The van der Waals surface area contributed by atoms with E-state index in [1.165, 1.54) is 17.6 Å². The standard InChI is InChI=1S/C12H14N4O4.C12H15N3O2.C9H10N2/c1-15-5-6(4-8(14)12(17)18)10-7(13)2-3-9(11(10)15)16(19)20;1-15-6-7(5-9(14)12(16)17)11-8(13)3-2-4-10(11)15;1-11-6-5-7-8(10)3-2-4-9(7)11/h2-3,5,8H,4,13-14H2,1H3,(H,17,18);2-4,6,9H,5,13-14H2,1H3,(H,16,17);2-6H,10H2,1H3. The molecule has 15 nitrogen and oxygen atoms in total. The number of rotatable bonds is 7. The van der Waals surface area contributed by atoms with E-state index in [1.54, 1.807) is 23.9 Å². The van der Waals surface area contributed by atoms with Crippen LogP contribution in [0.15, 0.2) is 73.2 Å². The summed E-state index contributed by atoms with van der Waals surface area (Å²) in [5, 5.41) is 31.3. The maximum Gasteiger partial charge on any atom is 0.320 e. The van der Waals surface area contributed by atoms with Crippen LogP contribution in [0.1, 0.15) is 11.1 Å². The molecule has 0 fully saturated rings. The third-order valence-corrected chi connectivity index (χ3v) is 8.01. The van der Waals surface area contributed by atoms with Crippen LogP contribution in [-0.2, 0) is 43.6 Å². The molecule has 0 saturated heterocycles. The number of carbonyl (C=O) groups is 2. The molecule has 0 saturated carbocycles. The van der Waals surface area contributed by atoms with Crippen molar-refractivity contribution >= 4 is 67.4 Å². The zero-order valence-electron chi connectivity index (χ0n) is 26.7. The fraction of sp³-hybridized carbons (Fsp3) is 0.212. The molecule has 6 aromatic rings. The van der Waals surface area contributed by atoms with Crippen LogP contribution in [-0.4, -0.2) is 52.9 Å². The Morgan fingerprint density at radius 3 is 1.81 bits per heavy atom. The number of nitrogens with zero attached hydrogens (tertiary/aromatic N) is 4.